The lowest BCUT2D eigenvalue weighted by Crippen LogP contribution is -2.42. The Balaban J connectivity index is 2.61. The van der Waals surface area contributed by atoms with Crippen LogP contribution in [0.3, 0.4) is 0 Å². The van der Waals surface area contributed by atoms with Gasteiger partial charge in [0.25, 0.3) is 5.91 Å². The van der Waals surface area contributed by atoms with E-state index in [9.17, 15) is 14.4 Å². The molecule has 3 amide bonds. The average molecular weight is 322 g/mol. The molecular weight excluding hydrogens is 300 g/mol. The lowest BCUT2D eigenvalue weighted by Gasteiger charge is -2.16. The van der Waals surface area contributed by atoms with Crippen LogP contribution in [0.4, 0.5) is 4.79 Å². The number of carbonyl (C=O) groups excluding carboxylic acids is 3. The molecule has 0 fully saturated rings. The van der Waals surface area contributed by atoms with Gasteiger partial charge in [-0.15, -0.1) is 0 Å². The molecule has 7 heteroatoms. The van der Waals surface area contributed by atoms with E-state index in [4.69, 9.17) is 15.2 Å². The number of primary amides is 1. The fourth-order valence-corrected chi connectivity index (χ4v) is 1.89. The van der Waals surface area contributed by atoms with Crippen molar-refractivity contribution in [3.63, 3.8) is 0 Å². The Morgan fingerprint density at radius 1 is 1.22 bits per heavy atom. The van der Waals surface area contributed by atoms with Gasteiger partial charge in [-0.2, -0.15) is 0 Å². The van der Waals surface area contributed by atoms with Gasteiger partial charge >= 0.3 is 12.0 Å². The molecule has 23 heavy (non-hydrogen) atoms. The van der Waals surface area contributed by atoms with E-state index in [-0.39, 0.29) is 12.5 Å². The zero-order valence-electron chi connectivity index (χ0n) is 13.7. The number of carbonyl (C=O) groups is 3. The van der Waals surface area contributed by atoms with Gasteiger partial charge in [0.2, 0.25) is 0 Å². The van der Waals surface area contributed by atoms with Gasteiger partial charge in [-0.3, -0.25) is 10.1 Å². The Labute approximate surface area is 135 Å². The first-order valence-corrected chi connectivity index (χ1v) is 7.23. The van der Waals surface area contributed by atoms with E-state index in [1.165, 1.54) is 6.92 Å². The van der Waals surface area contributed by atoms with Crippen LogP contribution in [0.1, 0.15) is 37.8 Å². The SMILES string of the molecule is Cc1ccc(C(C)C)c(OCC(=O)OC(C)C(=O)NC(N)=O)c1. The highest BCUT2D eigenvalue weighted by Gasteiger charge is 2.19. The highest BCUT2D eigenvalue weighted by molar-refractivity contribution is 5.96. The molecule has 3 N–H and O–H groups in total. The molecule has 1 rings (SSSR count). The van der Waals surface area contributed by atoms with Crippen LogP contribution in [0.2, 0.25) is 0 Å². The van der Waals surface area contributed by atoms with Crippen molar-refractivity contribution < 1.29 is 23.9 Å². The first-order chi connectivity index (χ1) is 10.7. The van der Waals surface area contributed by atoms with Gasteiger partial charge < -0.3 is 15.2 Å². The minimum atomic E-state index is -1.14. The summed E-state index contributed by atoms with van der Waals surface area (Å²) in [6.07, 6.45) is -1.14. The molecule has 0 saturated heterocycles. The summed E-state index contributed by atoms with van der Waals surface area (Å²) >= 11 is 0. The Hall–Kier alpha value is -2.57. The van der Waals surface area contributed by atoms with E-state index in [1.54, 1.807) is 0 Å². The van der Waals surface area contributed by atoms with Crippen molar-refractivity contribution in [1.29, 1.82) is 0 Å². The summed E-state index contributed by atoms with van der Waals surface area (Å²) < 4.78 is 10.4. The Morgan fingerprint density at radius 2 is 1.87 bits per heavy atom. The standard InChI is InChI=1S/C16H22N2O5/c1-9(2)12-6-5-10(3)7-13(12)22-8-14(19)23-11(4)15(20)18-16(17)21/h5-7,9,11H,8H2,1-4H3,(H3,17,18,20,21). The van der Waals surface area contributed by atoms with E-state index < -0.39 is 24.0 Å². The van der Waals surface area contributed by atoms with Gasteiger partial charge in [-0.25, -0.2) is 9.59 Å². The third-order valence-corrected chi connectivity index (χ3v) is 3.06. The van der Waals surface area contributed by atoms with Crippen LogP contribution >= 0.6 is 0 Å². The number of benzene rings is 1. The number of amides is 3. The summed E-state index contributed by atoms with van der Waals surface area (Å²) in [7, 11) is 0. The third-order valence-electron chi connectivity index (χ3n) is 3.06. The lowest BCUT2D eigenvalue weighted by atomic mass is 10.0. The molecule has 0 radical (unpaired) electrons. The molecule has 1 atom stereocenters. The number of ether oxygens (including phenoxy) is 2. The van der Waals surface area contributed by atoms with Crippen molar-refractivity contribution in [1.82, 2.24) is 5.32 Å². The van der Waals surface area contributed by atoms with Gasteiger partial charge in [-0.05, 0) is 37.0 Å². The first kappa shape index (κ1) is 18.5. The summed E-state index contributed by atoms with van der Waals surface area (Å²) in [5.41, 5.74) is 6.80. The molecular formula is C16H22N2O5. The third kappa shape index (κ3) is 5.98. The molecule has 1 unspecified atom stereocenters. The van der Waals surface area contributed by atoms with E-state index in [0.29, 0.717) is 5.75 Å². The van der Waals surface area contributed by atoms with Gasteiger partial charge in [0.05, 0.1) is 0 Å². The van der Waals surface area contributed by atoms with Gasteiger partial charge in [0.15, 0.2) is 12.7 Å². The molecule has 0 aliphatic rings. The van der Waals surface area contributed by atoms with Crippen molar-refractivity contribution in [3.05, 3.63) is 29.3 Å². The number of nitrogens with two attached hydrogens (primary N) is 1. The van der Waals surface area contributed by atoms with E-state index in [2.05, 4.69) is 0 Å². The summed E-state index contributed by atoms with van der Waals surface area (Å²) in [6, 6.07) is 4.75. The smallest absolute Gasteiger partial charge is 0.344 e. The fourth-order valence-electron chi connectivity index (χ4n) is 1.89. The minimum absolute atomic E-state index is 0.238. The average Bonchev–Trinajstić information content (AvgIpc) is 2.44. The molecule has 126 valence electrons. The topological polar surface area (TPSA) is 108 Å². The fraction of sp³-hybridized carbons (Fsp3) is 0.438. The number of rotatable bonds is 6. The van der Waals surface area contributed by atoms with Crippen LogP contribution in [-0.2, 0) is 14.3 Å². The summed E-state index contributed by atoms with van der Waals surface area (Å²) in [4.78, 5) is 33.7. The molecule has 7 nitrogen and oxygen atoms in total. The number of nitrogens with one attached hydrogen (secondary N) is 1. The van der Waals surface area contributed by atoms with Gasteiger partial charge in [-0.1, -0.05) is 26.0 Å². The first-order valence-electron chi connectivity index (χ1n) is 7.23. The zero-order valence-corrected chi connectivity index (χ0v) is 13.7. The number of urea groups is 1. The zero-order chi connectivity index (χ0) is 17.6. The normalized spacial score (nSPS) is 11.7. The van der Waals surface area contributed by atoms with Gasteiger partial charge in [0.1, 0.15) is 5.75 Å². The van der Waals surface area contributed by atoms with Crippen molar-refractivity contribution in [2.24, 2.45) is 5.73 Å². The number of hydrogen-bond donors (Lipinski definition) is 2. The molecule has 0 bridgehead atoms. The maximum Gasteiger partial charge on any atom is 0.344 e. The molecule has 0 spiro atoms. The predicted octanol–water partition coefficient (Wildman–Crippen LogP) is 1.62. The maximum absolute atomic E-state index is 11.7. The molecule has 0 aromatic heterocycles. The monoisotopic (exact) mass is 322 g/mol. The van der Waals surface area contributed by atoms with E-state index in [1.807, 2.05) is 44.3 Å². The van der Waals surface area contributed by atoms with E-state index in [0.717, 1.165) is 11.1 Å². The molecule has 0 aliphatic heterocycles. The van der Waals surface area contributed by atoms with Crippen LogP contribution < -0.4 is 15.8 Å². The van der Waals surface area contributed by atoms with E-state index >= 15 is 0 Å². The molecule has 0 aliphatic carbocycles. The highest BCUT2D eigenvalue weighted by Crippen LogP contribution is 2.27. The van der Waals surface area contributed by atoms with Crippen LogP contribution in [-0.4, -0.2) is 30.6 Å². The number of hydrogen-bond acceptors (Lipinski definition) is 5. The number of aryl methyl sites for hydroxylation is 1. The Kier molecular flexibility index (Phi) is 6.56. The molecule has 0 heterocycles. The maximum atomic E-state index is 11.7. The van der Waals surface area contributed by atoms with Crippen molar-refractivity contribution >= 4 is 17.9 Å². The van der Waals surface area contributed by atoms with Crippen LogP contribution in [0, 0.1) is 6.92 Å². The molecule has 1 aromatic carbocycles. The summed E-state index contributed by atoms with van der Waals surface area (Å²) in [5.74, 6) is -0.661. The molecule has 1 aromatic rings. The van der Waals surface area contributed by atoms with Crippen LogP contribution in [0.15, 0.2) is 18.2 Å². The molecule has 0 saturated carbocycles. The minimum Gasteiger partial charge on any atom is -0.482 e. The summed E-state index contributed by atoms with van der Waals surface area (Å²) in [6.45, 7) is 6.96. The second-order valence-electron chi connectivity index (χ2n) is 5.47. The van der Waals surface area contributed by atoms with Crippen molar-refractivity contribution in [3.8, 4) is 5.75 Å². The van der Waals surface area contributed by atoms with Gasteiger partial charge in [0, 0.05) is 0 Å². The second kappa shape index (κ2) is 8.17. The lowest BCUT2D eigenvalue weighted by molar-refractivity contribution is -0.156. The quantitative estimate of drug-likeness (QED) is 0.774. The Morgan fingerprint density at radius 3 is 2.43 bits per heavy atom. The second-order valence-corrected chi connectivity index (χ2v) is 5.47. The van der Waals surface area contributed by atoms with Crippen molar-refractivity contribution in [2.75, 3.05) is 6.61 Å². The number of imide groups is 1. The Bertz CT molecular complexity index is 598. The number of esters is 1. The summed E-state index contributed by atoms with van der Waals surface area (Å²) in [5, 5.41) is 1.84. The van der Waals surface area contributed by atoms with Crippen LogP contribution in [0.25, 0.3) is 0 Å². The predicted molar refractivity (Wildman–Crippen MR) is 84.0 cm³/mol. The van der Waals surface area contributed by atoms with Crippen LogP contribution in [0.5, 0.6) is 5.75 Å². The largest absolute Gasteiger partial charge is 0.482 e. The van der Waals surface area contributed by atoms with Crippen molar-refractivity contribution in [2.45, 2.75) is 39.7 Å². The highest BCUT2D eigenvalue weighted by atomic mass is 16.6.